The zero-order valence-electron chi connectivity index (χ0n) is 17.7. The number of aromatic nitrogens is 1. The summed E-state index contributed by atoms with van der Waals surface area (Å²) in [6.07, 6.45) is 1.53. The molecule has 1 amide bonds. The van der Waals surface area contributed by atoms with E-state index in [0.29, 0.717) is 39.3 Å². The van der Waals surface area contributed by atoms with Crippen LogP contribution in [0.1, 0.15) is 33.1 Å². The summed E-state index contributed by atoms with van der Waals surface area (Å²) in [5.41, 5.74) is 3.09. The molecule has 0 aliphatic heterocycles. The summed E-state index contributed by atoms with van der Waals surface area (Å²) in [6, 6.07) is 11.4. The number of carbonyl (C=O) groups is 1. The lowest BCUT2D eigenvalue weighted by molar-refractivity contribution is -0.0451. The topological polar surface area (TPSA) is 114 Å². The molecule has 0 saturated heterocycles. The third kappa shape index (κ3) is 5.37. The van der Waals surface area contributed by atoms with Gasteiger partial charge in [-0.1, -0.05) is 18.2 Å². The number of nitrogens with one attached hydrogen (secondary N) is 2. The molecular weight excluding hydrogens is 459 g/mol. The molecule has 0 aliphatic carbocycles. The Morgan fingerprint density at radius 3 is 2.36 bits per heavy atom. The quantitative estimate of drug-likeness (QED) is 0.454. The van der Waals surface area contributed by atoms with E-state index in [2.05, 4.69) is 4.98 Å². The Morgan fingerprint density at radius 1 is 1.15 bits per heavy atom. The van der Waals surface area contributed by atoms with Crippen LogP contribution in [0.5, 0.6) is 5.75 Å². The van der Waals surface area contributed by atoms with Crippen LogP contribution < -0.4 is 15.2 Å². The number of aromatic amines is 1. The molecule has 4 N–H and O–H groups in total. The highest BCUT2D eigenvalue weighted by Crippen LogP contribution is 2.32. The Hall–Kier alpha value is -3.31. The number of H-pyrrole nitrogens is 1. The first-order chi connectivity index (χ1) is 15.4. The average molecular weight is 481 g/mol. The van der Waals surface area contributed by atoms with Gasteiger partial charge in [-0.05, 0) is 60.4 Å². The maximum absolute atomic E-state index is 13.1. The Labute approximate surface area is 188 Å². The zero-order valence-corrected chi connectivity index (χ0v) is 18.5. The molecule has 3 rings (SSSR count). The van der Waals surface area contributed by atoms with E-state index in [1.807, 2.05) is 0 Å². The molecular formula is C22H22F3N3O4S. The number of aryl methyl sites for hydroxylation is 1. The molecule has 1 heterocycles. The lowest BCUT2D eigenvalue weighted by Crippen LogP contribution is -2.39. The number of hydrogen-bond donors (Lipinski definition) is 3. The van der Waals surface area contributed by atoms with Crippen LogP contribution in [0.2, 0.25) is 0 Å². The molecule has 0 aliphatic rings. The van der Waals surface area contributed by atoms with Crippen molar-refractivity contribution in [1.29, 1.82) is 0 Å². The molecule has 0 bridgehead atoms. The molecule has 33 heavy (non-hydrogen) atoms. The van der Waals surface area contributed by atoms with Crippen LogP contribution in [0.4, 0.5) is 13.2 Å². The third-order valence-electron chi connectivity index (χ3n) is 5.16. The third-order valence-corrected chi connectivity index (χ3v) is 6.36. The number of hydrogen-bond acceptors (Lipinski definition) is 4. The van der Waals surface area contributed by atoms with Gasteiger partial charge in [0, 0.05) is 23.0 Å². The van der Waals surface area contributed by atoms with E-state index in [0.717, 1.165) is 0 Å². The van der Waals surface area contributed by atoms with E-state index >= 15 is 0 Å². The predicted molar refractivity (Wildman–Crippen MR) is 117 cm³/mol. The predicted octanol–water partition coefficient (Wildman–Crippen LogP) is 3.82. The number of primary amides is 1. The van der Waals surface area contributed by atoms with Crippen molar-refractivity contribution in [2.24, 2.45) is 5.73 Å². The van der Waals surface area contributed by atoms with Crippen molar-refractivity contribution in [2.45, 2.75) is 24.9 Å². The lowest BCUT2D eigenvalue weighted by atomic mass is 9.95. The van der Waals surface area contributed by atoms with Gasteiger partial charge in [0.2, 0.25) is 5.91 Å². The van der Waals surface area contributed by atoms with Gasteiger partial charge in [0.1, 0.15) is 5.75 Å². The van der Waals surface area contributed by atoms with Crippen LogP contribution >= 0.6 is 0 Å². The van der Waals surface area contributed by atoms with Crippen molar-refractivity contribution in [2.75, 3.05) is 7.11 Å². The van der Waals surface area contributed by atoms with Crippen molar-refractivity contribution < 1.29 is 31.1 Å². The van der Waals surface area contributed by atoms with Gasteiger partial charge in [0.25, 0.3) is 0 Å². The van der Waals surface area contributed by atoms with E-state index in [1.165, 1.54) is 31.4 Å². The van der Waals surface area contributed by atoms with E-state index in [9.17, 15) is 26.4 Å². The van der Waals surface area contributed by atoms with Crippen LogP contribution in [-0.4, -0.2) is 31.9 Å². The zero-order chi connectivity index (χ0) is 24.4. The molecule has 176 valence electrons. The molecule has 1 unspecified atom stereocenters. The van der Waals surface area contributed by atoms with Gasteiger partial charge in [-0.2, -0.15) is 17.9 Å². The van der Waals surface area contributed by atoms with Crippen LogP contribution in [0.15, 0.2) is 54.7 Å². The average Bonchev–Trinajstić information content (AvgIpc) is 3.20. The number of benzene rings is 2. The number of sulfonamides is 1. The highest BCUT2D eigenvalue weighted by Gasteiger charge is 2.47. The standard InChI is InChI=1S/C22H22F3N3O4S/c1-13-11-16(21(26)29)5-8-18(13)20-15(9-10-27-20)12-19(28-33(30,31)22(23,24)25)14-3-6-17(32-2)7-4-14/h3-11,19,27-28H,12H2,1-2H3,(H2,26,29). The van der Waals surface area contributed by atoms with Gasteiger partial charge in [-0.15, -0.1) is 0 Å². The Kier molecular flexibility index (Phi) is 6.84. The summed E-state index contributed by atoms with van der Waals surface area (Å²) in [4.78, 5) is 14.5. The number of amides is 1. The molecule has 0 saturated carbocycles. The van der Waals surface area contributed by atoms with Crippen LogP contribution in [0.3, 0.4) is 0 Å². The number of halogens is 3. The molecule has 3 aromatic rings. The lowest BCUT2D eigenvalue weighted by Gasteiger charge is -2.21. The van der Waals surface area contributed by atoms with Crippen molar-refractivity contribution in [3.8, 4) is 17.0 Å². The van der Waals surface area contributed by atoms with E-state index < -0.39 is 27.5 Å². The number of rotatable bonds is 8. The summed E-state index contributed by atoms with van der Waals surface area (Å²) >= 11 is 0. The van der Waals surface area contributed by atoms with Gasteiger partial charge >= 0.3 is 15.5 Å². The maximum atomic E-state index is 13.1. The van der Waals surface area contributed by atoms with Crippen molar-refractivity contribution in [3.05, 3.63) is 77.0 Å². The molecule has 1 atom stereocenters. The van der Waals surface area contributed by atoms with Crippen LogP contribution in [0, 0.1) is 6.92 Å². The first-order valence-corrected chi connectivity index (χ1v) is 11.2. The molecule has 7 nitrogen and oxygen atoms in total. The number of nitrogens with two attached hydrogens (primary N) is 1. The highest BCUT2D eigenvalue weighted by atomic mass is 32.2. The summed E-state index contributed by atoms with van der Waals surface area (Å²) in [6.45, 7) is 1.76. The largest absolute Gasteiger partial charge is 0.511 e. The summed E-state index contributed by atoms with van der Waals surface area (Å²) < 4.78 is 69.9. The van der Waals surface area contributed by atoms with Gasteiger partial charge in [-0.3, -0.25) is 4.79 Å². The minimum Gasteiger partial charge on any atom is -0.497 e. The monoisotopic (exact) mass is 481 g/mol. The highest BCUT2D eigenvalue weighted by molar-refractivity contribution is 7.90. The van der Waals surface area contributed by atoms with E-state index in [4.69, 9.17) is 10.5 Å². The molecule has 1 aromatic heterocycles. The van der Waals surface area contributed by atoms with Gasteiger partial charge in [0.05, 0.1) is 13.2 Å². The van der Waals surface area contributed by atoms with E-state index in [-0.39, 0.29) is 6.42 Å². The fraction of sp³-hybridized carbons (Fsp3) is 0.227. The van der Waals surface area contributed by atoms with Crippen molar-refractivity contribution in [3.63, 3.8) is 0 Å². The Bertz CT molecular complexity index is 1250. The molecule has 0 fully saturated rings. The second-order valence-corrected chi connectivity index (χ2v) is 9.07. The molecule has 0 radical (unpaired) electrons. The first kappa shape index (κ1) is 24.3. The fourth-order valence-electron chi connectivity index (χ4n) is 3.46. The molecule has 0 spiro atoms. The summed E-state index contributed by atoms with van der Waals surface area (Å²) in [5.74, 6) is -0.110. The van der Waals surface area contributed by atoms with Crippen LogP contribution in [-0.2, 0) is 16.4 Å². The molecule has 2 aromatic carbocycles. The van der Waals surface area contributed by atoms with Crippen molar-refractivity contribution >= 4 is 15.9 Å². The number of alkyl halides is 3. The minimum atomic E-state index is -5.61. The first-order valence-electron chi connectivity index (χ1n) is 9.72. The normalized spacial score (nSPS) is 13.0. The minimum absolute atomic E-state index is 0.0719. The van der Waals surface area contributed by atoms with Crippen LogP contribution in [0.25, 0.3) is 11.3 Å². The number of ether oxygens (including phenoxy) is 1. The van der Waals surface area contributed by atoms with Gasteiger partial charge in [-0.25, -0.2) is 8.42 Å². The number of methoxy groups -OCH3 is 1. The summed E-state index contributed by atoms with van der Waals surface area (Å²) in [5, 5.41) is 0. The Morgan fingerprint density at radius 2 is 1.82 bits per heavy atom. The van der Waals surface area contributed by atoms with E-state index in [1.54, 1.807) is 42.1 Å². The SMILES string of the molecule is COc1ccc(C(Cc2cc[nH]c2-c2ccc(C(N)=O)cc2C)NS(=O)(=O)C(F)(F)F)cc1. The van der Waals surface area contributed by atoms with Gasteiger partial charge in [0.15, 0.2) is 0 Å². The second kappa shape index (κ2) is 9.28. The fourth-order valence-corrected chi connectivity index (χ4v) is 4.19. The smallest absolute Gasteiger partial charge is 0.497 e. The maximum Gasteiger partial charge on any atom is 0.511 e. The second-order valence-electron chi connectivity index (χ2n) is 7.37. The number of carbonyl (C=O) groups excluding carboxylic acids is 1. The van der Waals surface area contributed by atoms with Crippen molar-refractivity contribution in [1.82, 2.24) is 9.71 Å². The Balaban J connectivity index is 2.01. The molecule has 11 heteroatoms. The van der Waals surface area contributed by atoms with Gasteiger partial charge < -0.3 is 15.5 Å². The summed E-state index contributed by atoms with van der Waals surface area (Å²) in [7, 11) is -4.17.